The highest BCUT2D eigenvalue weighted by Gasteiger charge is 2.30. The number of hydrogen-bond donors (Lipinski definition) is 1. The first-order chi connectivity index (χ1) is 12.3. The normalized spacial score (nSPS) is 11.5. The molecule has 2 rings (SSSR count). The van der Waals surface area contributed by atoms with Crippen LogP contribution in [0.1, 0.15) is 21.5 Å². The number of rotatable bonds is 5. The van der Waals surface area contributed by atoms with Gasteiger partial charge in [-0.2, -0.15) is 18.3 Å². The summed E-state index contributed by atoms with van der Waals surface area (Å²) in [6.45, 7) is 0. The van der Waals surface area contributed by atoms with Gasteiger partial charge in [-0.05, 0) is 46.3 Å². The molecule has 0 heterocycles. The van der Waals surface area contributed by atoms with Crippen LogP contribution in [0.5, 0.6) is 11.5 Å². The van der Waals surface area contributed by atoms with Crippen molar-refractivity contribution in [1.82, 2.24) is 5.43 Å². The summed E-state index contributed by atoms with van der Waals surface area (Å²) in [5, 5.41) is 3.77. The highest BCUT2D eigenvalue weighted by atomic mass is 79.9. The van der Waals surface area contributed by atoms with Crippen molar-refractivity contribution in [3.8, 4) is 11.5 Å². The molecule has 2 aromatic rings. The van der Waals surface area contributed by atoms with Gasteiger partial charge in [0.25, 0.3) is 5.91 Å². The molecule has 0 radical (unpaired) electrons. The van der Waals surface area contributed by atoms with Gasteiger partial charge in [0, 0.05) is 15.6 Å². The molecular weight excluding hydrogens is 417 g/mol. The lowest BCUT2D eigenvalue weighted by atomic mass is 10.1. The molecule has 0 aliphatic rings. The summed E-state index contributed by atoms with van der Waals surface area (Å²) in [7, 11) is 2.97. The first-order valence-electron chi connectivity index (χ1n) is 7.18. The molecule has 1 N–H and O–H groups in total. The number of nitrogens with one attached hydrogen (secondary N) is 1. The predicted molar refractivity (Wildman–Crippen MR) is 93.8 cm³/mol. The number of ether oxygens (including phenoxy) is 2. The smallest absolute Gasteiger partial charge is 0.416 e. The van der Waals surface area contributed by atoms with Crippen LogP contribution in [-0.2, 0) is 6.18 Å². The van der Waals surface area contributed by atoms with Crippen molar-refractivity contribution in [2.24, 2.45) is 5.10 Å². The van der Waals surface area contributed by atoms with Crippen LogP contribution in [0.25, 0.3) is 0 Å². The van der Waals surface area contributed by atoms with Crippen LogP contribution < -0.4 is 14.9 Å². The van der Waals surface area contributed by atoms with Crippen molar-refractivity contribution >= 4 is 28.1 Å². The number of nitrogens with zero attached hydrogens (tertiary/aromatic N) is 1. The van der Waals surface area contributed by atoms with Gasteiger partial charge in [0.05, 0.1) is 26.0 Å². The van der Waals surface area contributed by atoms with Crippen LogP contribution >= 0.6 is 15.9 Å². The number of hydrogen-bond acceptors (Lipinski definition) is 4. The van der Waals surface area contributed by atoms with Crippen molar-refractivity contribution in [3.63, 3.8) is 0 Å². The molecule has 0 bridgehead atoms. The molecule has 9 heteroatoms. The van der Waals surface area contributed by atoms with Crippen molar-refractivity contribution < 1.29 is 27.4 Å². The van der Waals surface area contributed by atoms with Gasteiger partial charge in [-0.1, -0.05) is 6.07 Å². The van der Waals surface area contributed by atoms with E-state index in [9.17, 15) is 18.0 Å². The zero-order valence-electron chi connectivity index (χ0n) is 13.7. The van der Waals surface area contributed by atoms with E-state index >= 15 is 0 Å². The largest absolute Gasteiger partial charge is 0.493 e. The zero-order chi connectivity index (χ0) is 19.3. The molecule has 138 valence electrons. The third kappa shape index (κ3) is 4.75. The maximum atomic E-state index is 12.7. The number of benzene rings is 2. The quantitative estimate of drug-likeness (QED) is 0.569. The number of alkyl halides is 3. The van der Waals surface area contributed by atoms with E-state index in [1.54, 1.807) is 12.1 Å². The summed E-state index contributed by atoms with van der Waals surface area (Å²) < 4.78 is 49.0. The summed E-state index contributed by atoms with van der Waals surface area (Å²) in [5.74, 6) is 0.204. The first kappa shape index (κ1) is 19.8. The molecule has 0 aromatic heterocycles. The van der Waals surface area contributed by atoms with Crippen LogP contribution in [0.15, 0.2) is 46.0 Å². The lowest BCUT2D eigenvalue weighted by molar-refractivity contribution is -0.137. The molecule has 26 heavy (non-hydrogen) atoms. The fourth-order valence-electron chi connectivity index (χ4n) is 2.03. The Labute approximate surface area is 155 Å². The third-order valence-electron chi connectivity index (χ3n) is 3.32. The highest BCUT2D eigenvalue weighted by molar-refractivity contribution is 9.10. The van der Waals surface area contributed by atoms with Crippen LogP contribution in [0.3, 0.4) is 0 Å². The second-order valence-electron chi connectivity index (χ2n) is 5.01. The van der Waals surface area contributed by atoms with E-state index in [2.05, 4.69) is 26.5 Å². The fourth-order valence-corrected chi connectivity index (χ4v) is 2.46. The molecule has 0 aliphatic heterocycles. The molecule has 2 aromatic carbocycles. The Balaban J connectivity index is 2.15. The highest BCUT2D eigenvalue weighted by Crippen LogP contribution is 2.32. The molecule has 0 saturated heterocycles. The molecule has 0 unspecified atom stereocenters. The minimum atomic E-state index is -4.52. The Morgan fingerprint density at radius 3 is 2.42 bits per heavy atom. The maximum absolute atomic E-state index is 12.7. The molecule has 0 spiro atoms. The average molecular weight is 431 g/mol. The van der Waals surface area contributed by atoms with Gasteiger partial charge in [0.15, 0.2) is 11.5 Å². The van der Waals surface area contributed by atoms with E-state index in [4.69, 9.17) is 9.47 Å². The van der Waals surface area contributed by atoms with Crippen LogP contribution in [0, 0.1) is 0 Å². The Kier molecular flexibility index (Phi) is 6.25. The summed E-state index contributed by atoms with van der Waals surface area (Å²) in [5.41, 5.74) is 1.71. The van der Waals surface area contributed by atoms with Gasteiger partial charge in [-0.15, -0.1) is 0 Å². The number of methoxy groups -OCH3 is 2. The Morgan fingerprint density at radius 1 is 1.15 bits per heavy atom. The fraction of sp³-hybridized carbons (Fsp3) is 0.176. The van der Waals surface area contributed by atoms with E-state index in [1.807, 2.05) is 0 Å². The monoisotopic (exact) mass is 430 g/mol. The minimum absolute atomic E-state index is 0.150. The molecule has 0 fully saturated rings. The number of amides is 1. The topological polar surface area (TPSA) is 59.9 Å². The molecular formula is C17H14BrF3N2O3. The number of halogens is 4. The second kappa shape index (κ2) is 8.22. The van der Waals surface area contributed by atoms with E-state index < -0.39 is 17.6 Å². The van der Waals surface area contributed by atoms with Crippen LogP contribution in [-0.4, -0.2) is 26.3 Å². The summed E-state index contributed by atoms with van der Waals surface area (Å²) in [6, 6.07) is 7.37. The lowest BCUT2D eigenvalue weighted by Crippen LogP contribution is -2.18. The third-order valence-corrected chi connectivity index (χ3v) is 4.01. The zero-order valence-corrected chi connectivity index (χ0v) is 15.3. The number of carbonyl (C=O) groups excluding carboxylic acids is 1. The van der Waals surface area contributed by atoms with Gasteiger partial charge in [-0.25, -0.2) is 5.43 Å². The number of hydrazone groups is 1. The molecule has 5 nitrogen and oxygen atoms in total. The van der Waals surface area contributed by atoms with Crippen LogP contribution in [0.4, 0.5) is 13.2 Å². The predicted octanol–water partition coefficient (Wildman–Crippen LogP) is 4.25. The molecule has 0 aliphatic carbocycles. The van der Waals surface area contributed by atoms with Crippen molar-refractivity contribution in [2.75, 3.05) is 14.2 Å². The van der Waals surface area contributed by atoms with E-state index in [-0.39, 0.29) is 5.56 Å². The number of carbonyl (C=O) groups is 1. The average Bonchev–Trinajstić information content (AvgIpc) is 2.61. The van der Waals surface area contributed by atoms with Gasteiger partial charge >= 0.3 is 6.18 Å². The van der Waals surface area contributed by atoms with Gasteiger partial charge in [0.1, 0.15) is 0 Å². The van der Waals surface area contributed by atoms with Crippen LogP contribution in [0.2, 0.25) is 0 Å². The van der Waals surface area contributed by atoms with Crippen molar-refractivity contribution in [2.45, 2.75) is 6.18 Å². The Bertz CT molecular complexity index is 838. The lowest BCUT2D eigenvalue weighted by Gasteiger charge is -2.09. The maximum Gasteiger partial charge on any atom is 0.416 e. The SMILES string of the molecule is COc1cc(Br)c(/C=N\NC(=O)c2cccc(C(F)(F)F)c2)cc1OC. The van der Waals surface area contributed by atoms with E-state index in [0.717, 1.165) is 18.2 Å². The summed E-state index contributed by atoms with van der Waals surface area (Å²) in [6.07, 6.45) is -3.19. The standard InChI is InChI=1S/C17H14BrF3N2O3/c1-25-14-7-11(13(18)8-15(14)26-2)9-22-23-16(24)10-4-3-5-12(6-10)17(19,20)21/h3-9H,1-2H3,(H,23,24)/b22-9-. The van der Waals surface area contributed by atoms with Gasteiger partial charge in [-0.3, -0.25) is 4.79 Å². The van der Waals surface area contributed by atoms with Crippen molar-refractivity contribution in [1.29, 1.82) is 0 Å². The summed E-state index contributed by atoms with van der Waals surface area (Å²) in [4.78, 5) is 12.0. The molecule has 0 atom stereocenters. The van der Waals surface area contributed by atoms with E-state index in [1.165, 1.54) is 26.5 Å². The second-order valence-corrected chi connectivity index (χ2v) is 5.86. The summed E-state index contributed by atoms with van der Waals surface area (Å²) >= 11 is 3.33. The first-order valence-corrected chi connectivity index (χ1v) is 7.97. The Morgan fingerprint density at radius 2 is 1.81 bits per heavy atom. The van der Waals surface area contributed by atoms with Gasteiger partial charge < -0.3 is 9.47 Å². The van der Waals surface area contributed by atoms with E-state index in [0.29, 0.717) is 21.5 Å². The molecule has 0 saturated carbocycles. The minimum Gasteiger partial charge on any atom is -0.493 e. The Hall–Kier alpha value is -2.55. The molecule has 1 amide bonds. The van der Waals surface area contributed by atoms with Crippen molar-refractivity contribution in [3.05, 3.63) is 57.6 Å². The van der Waals surface area contributed by atoms with Gasteiger partial charge in [0.2, 0.25) is 0 Å².